The van der Waals surface area contributed by atoms with Crippen LogP contribution in [0.2, 0.25) is 0 Å². The highest BCUT2D eigenvalue weighted by molar-refractivity contribution is 5.78. The van der Waals surface area contributed by atoms with E-state index in [2.05, 4.69) is 11.1 Å². The Morgan fingerprint density at radius 2 is 1.79 bits per heavy atom. The third-order valence-corrected chi connectivity index (χ3v) is 3.04. The molecule has 0 fully saturated rings. The van der Waals surface area contributed by atoms with Gasteiger partial charge in [0.2, 0.25) is 5.91 Å². The summed E-state index contributed by atoms with van der Waals surface area (Å²) in [6, 6.07) is 12.2. The second-order valence-corrected chi connectivity index (χ2v) is 4.85. The fourth-order valence-electron chi connectivity index (χ4n) is 1.87. The van der Waals surface area contributed by atoms with Crippen LogP contribution in [0.3, 0.4) is 0 Å². The number of pyridine rings is 1. The number of likely N-dealkylation sites (N-methyl/N-ethyl adjacent to an activating group) is 1. The molecule has 1 heterocycles. The van der Waals surface area contributed by atoms with Crippen molar-refractivity contribution in [2.75, 3.05) is 14.1 Å². The molecule has 1 amide bonds. The predicted molar refractivity (Wildman–Crippen MR) is 76.8 cm³/mol. The van der Waals surface area contributed by atoms with Crippen LogP contribution in [0.4, 0.5) is 0 Å². The number of hydrogen-bond donors (Lipinski definition) is 0. The molecule has 0 atom stereocenters. The van der Waals surface area contributed by atoms with Crippen molar-refractivity contribution in [3.8, 4) is 11.1 Å². The summed E-state index contributed by atoms with van der Waals surface area (Å²) < 4.78 is 0. The molecule has 0 aliphatic heterocycles. The summed E-state index contributed by atoms with van der Waals surface area (Å²) >= 11 is 0. The lowest BCUT2D eigenvalue weighted by molar-refractivity contribution is -0.127. The highest BCUT2D eigenvalue weighted by Crippen LogP contribution is 2.20. The fraction of sp³-hybridized carbons (Fsp3) is 0.250. The van der Waals surface area contributed by atoms with Crippen LogP contribution < -0.4 is 0 Å². The van der Waals surface area contributed by atoms with Crippen molar-refractivity contribution in [3.05, 3.63) is 53.9 Å². The normalized spacial score (nSPS) is 10.3. The maximum atomic E-state index is 11.6. The van der Waals surface area contributed by atoms with E-state index in [-0.39, 0.29) is 5.91 Å². The van der Waals surface area contributed by atoms with Gasteiger partial charge in [-0.15, -0.1) is 0 Å². The van der Waals surface area contributed by atoms with Crippen molar-refractivity contribution in [3.63, 3.8) is 0 Å². The first-order valence-corrected chi connectivity index (χ1v) is 6.28. The highest BCUT2D eigenvalue weighted by Gasteiger charge is 2.05. The van der Waals surface area contributed by atoms with E-state index in [1.165, 1.54) is 0 Å². The van der Waals surface area contributed by atoms with Gasteiger partial charge in [-0.1, -0.05) is 24.3 Å². The Bertz CT molecular complexity index is 574. The molecule has 0 spiro atoms. The molecule has 3 heteroatoms. The Morgan fingerprint density at radius 3 is 2.37 bits per heavy atom. The van der Waals surface area contributed by atoms with Gasteiger partial charge < -0.3 is 4.90 Å². The highest BCUT2D eigenvalue weighted by atomic mass is 16.2. The zero-order valence-corrected chi connectivity index (χ0v) is 11.6. The van der Waals surface area contributed by atoms with Gasteiger partial charge in [-0.05, 0) is 35.7 Å². The van der Waals surface area contributed by atoms with Gasteiger partial charge in [-0.25, -0.2) is 0 Å². The third kappa shape index (κ3) is 3.41. The van der Waals surface area contributed by atoms with Gasteiger partial charge in [-0.2, -0.15) is 0 Å². The zero-order chi connectivity index (χ0) is 13.8. The average molecular weight is 254 g/mol. The van der Waals surface area contributed by atoms with Crippen molar-refractivity contribution >= 4 is 5.91 Å². The zero-order valence-electron chi connectivity index (χ0n) is 11.6. The van der Waals surface area contributed by atoms with E-state index >= 15 is 0 Å². The van der Waals surface area contributed by atoms with E-state index in [1.807, 2.05) is 43.5 Å². The number of hydrogen-bond acceptors (Lipinski definition) is 2. The Hall–Kier alpha value is -2.16. The smallest absolute Gasteiger partial charge is 0.226 e. The maximum absolute atomic E-state index is 11.6. The first-order chi connectivity index (χ1) is 9.06. The number of carbonyl (C=O) groups is 1. The number of benzene rings is 1. The molecule has 1 aromatic heterocycles. The summed E-state index contributed by atoms with van der Waals surface area (Å²) in [5.41, 5.74) is 4.34. The van der Waals surface area contributed by atoms with Crippen molar-refractivity contribution in [2.24, 2.45) is 0 Å². The number of aryl methyl sites for hydroxylation is 1. The monoisotopic (exact) mass is 254 g/mol. The molecule has 0 saturated heterocycles. The van der Waals surface area contributed by atoms with Crippen LogP contribution in [0.1, 0.15) is 11.3 Å². The van der Waals surface area contributed by atoms with Gasteiger partial charge >= 0.3 is 0 Å². The molecular weight excluding hydrogens is 236 g/mol. The van der Waals surface area contributed by atoms with E-state index in [1.54, 1.807) is 19.0 Å². The van der Waals surface area contributed by atoms with Gasteiger partial charge in [0.15, 0.2) is 0 Å². The molecule has 3 nitrogen and oxygen atoms in total. The maximum Gasteiger partial charge on any atom is 0.226 e. The standard InChI is InChI=1S/C16H18N2O/c1-12-10-15(8-9-17-12)14-6-4-13(5-7-14)11-16(19)18(2)3/h4-10H,11H2,1-3H3. The molecule has 0 radical (unpaired) electrons. The van der Waals surface area contributed by atoms with Gasteiger partial charge in [0.1, 0.15) is 0 Å². The Morgan fingerprint density at radius 1 is 1.11 bits per heavy atom. The molecule has 0 unspecified atom stereocenters. The molecule has 0 saturated carbocycles. The van der Waals surface area contributed by atoms with E-state index in [0.717, 1.165) is 22.4 Å². The van der Waals surface area contributed by atoms with Gasteiger partial charge in [-0.3, -0.25) is 9.78 Å². The molecule has 0 aliphatic rings. The number of carbonyl (C=O) groups excluding carboxylic acids is 1. The Balaban J connectivity index is 2.17. The Kier molecular flexibility index (Phi) is 3.95. The molecule has 2 rings (SSSR count). The van der Waals surface area contributed by atoms with Gasteiger partial charge in [0.25, 0.3) is 0 Å². The minimum absolute atomic E-state index is 0.118. The predicted octanol–water partition coefficient (Wildman–Crippen LogP) is 2.69. The number of nitrogens with zero attached hydrogens (tertiary/aromatic N) is 2. The molecule has 98 valence electrons. The summed E-state index contributed by atoms with van der Waals surface area (Å²) in [6.07, 6.45) is 2.26. The topological polar surface area (TPSA) is 33.2 Å². The van der Waals surface area contributed by atoms with Gasteiger partial charge in [0, 0.05) is 26.0 Å². The van der Waals surface area contributed by atoms with E-state index in [9.17, 15) is 4.79 Å². The third-order valence-electron chi connectivity index (χ3n) is 3.04. The van der Waals surface area contributed by atoms with Gasteiger partial charge in [0.05, 0.1) is 6.42 Å². The van der Waals surface area contributed by atoms with Crippen LogP contribution in [0.5, 0.6) is 0 Å². The molecule has 0 bridgehead atoms. The largest absolute Gasteiger partial charge is 0.349 e. The molecular formula is C16H18N2O. The quantitative estimate of drug-likeness (QED) is 0.843. The van der Waals surface area contributed by atoms with Crippen LogP contribution >= 0.6 is 0 Å². The van der Waals surface area contributed by atoms with Crippen molar-refractivity contribution < 1.29 is 4.79 Å². The van der Waals surface area contributed by atoms with Crippen LogP contribution in [-0.4, -0.2) is 29.9 Å². The summed E-state index contributed by atoms with van der Waals surface area (Å²) in [7, 11) is 3.55. The first-order valence-electron chi connectivity index (χ1n) is 6.28. The molecule has 0 N–H and O–H groups in total. The van der Waals surface area contributed by atoms with Crippen molar-refractivity contribution in [1.29, 1.82) is 0 Å². The van der Waals surface area contributed by atoms with Crippen LogP contribution in [0.25, 0.3) is 11.1 Å². The summed E-state index contributed by atoms with van der Waals surface area (Å²) in [5, 5.41) is 0. The number of rotatable bonds is 3. The molecule has 2 aromatic rings. The minimum Gasteiger partial charge on any atom is -0.349 e. The average Bonchev–Trinajstić information content (AvgIpc) is 2.39. The lowest BCUT2D eigenvalue weighted by Crippen LogP contribution is -2.23. The van der Waals surface area contributed by atoms with Crippen molar-refractivity contribution in [1.82, 2.24) is 9.88 Å². The minimum atomic E-state index is 0.118. The summed E-state index contributed by atoms with van der Waals surface area (Å²) in [6.45, 7) is 1.98. The summed E-state index contributed by atoms with van der Waals surface area (Å²) in [4.78, 5) is 17.4. The van der Waals surface area contributed by atoms with Crippen molar-refractivity contribution in [2.45, 2.75) is 13.3 Å². The first kappa shape index (κ1) is 13.3. The molecule has 19 heavy (non-hydrogen) atoms. The second-order valence-electron chi connectivity index (χ2n) is 4.85. The fourth-order valence-corrected chi connectivity index (χ4v) is 1.87. The SMILES string of the molecule is Cc1cc(-c2ccc(CC(=O)N(C)C)cc2)ccn1. The number of amides is 1. The van der Waals surface area contributed by atoms with Crippen LogP contribution in [0, 0.1) is 6.92 Å². The summed E-state index contributed by atoms with van der Waals surface area (Å²) in [5.74, 6) is 0.118. The lowest BCUT2D eigenvalue weighted by Gasteiger charge is -2.10. The van der Waals surface area contributed by atoms with E-state index < -0.39 is 0 Å². The van der Waals surface area contributed by atoms with Crippen LogP contribution in [0.15, 0.2) is 42.6 Å². The lowest BCUT2D eigenvalue weighted by atomic mass is 10.0. The molecule has 0 aliphatic carbocycles. The second kappa shape index (κ2) is 5.65. The van der Waals surface area contributed by atoms with E-state index in [0.29, 0.717) is 6.42 Å². The van der Waals surface area contributed by atoms with Crippen LogP contribution in [-0.2, 0) is 11.2 Å². The molecule has 1 aromatic carbocycles. The Labute approximate surface area is 113 Å². The van der Waals surface area contributed by atoms with E-state index in [4.69, 9.17) is 0 Å². The number of aromatic nitrogens is 1.